The van der Waals surface area contributed by atoms with Gasteiger partial charge in [0.2, 0.25) is 0 Å². The summed E-state index contributed by atoms with van der Waals surface area (Å²) in [6.07, 6.45) is -0.747. The lowest BCUT2D eigenvalue weighted by atomic mass is 10.1. The maximum Gasteiger partial charge on any atom is 0.408 e. The molecule has 1 aliphatic rings. The molecule has 1 amide bonds. The van der Waals surface area contributed by atoms with Gasteiger partial charge in [-0.05, 0) is 30.2 Å². The van der Waals surface area contributed by atoms with Crippen molar-refractivity contribution in [3.05, 3.63) is 59.7 Å². The molecule has 1 heterocycles. The van der Waals surface area contributed by atoms with Gasteiger partial charge >= 0.3 is 18.0 Å². The van der Waals surface area contributed by atoms with E-state index in [9.17, 15) is 14.7 Å². The van der Waals surface area contributed by atoms with E-state index in [-0.39, 0.29) is 13.0 Å². The zero-order chi connectivity index (χ0) is 20.9. The maximum atomic E-state index is 12.0. The van der Waals surface area contributed by atoms with Crippen LogP contribution in [0, 0.1) is 0 Å². The predicted octanol–water partition coefficient (Wildman–Crippen LogP) is 3.09. The molecule has 0 radical (unpaired) electrons. The fourth-order valence-electron chi connectivity index (χ4n) is 2.93. The summed E-state index contributed by atoms with van der Waals surface area (Å²) >= 11 is 0. The van der Waals surface area contributed by atoms with E-state index in [4.69, 9.17) is 18.9 Å². The van der Waals surface area contributed by atoms with Crippen molar-refractivity contribution in [1.29, 1.82) is 0 Å². The third-order valence-corrected chi connectivity index (χ3v) is 4.25. The van der Waals surface area contributed by atoms with E-state index in [2.05, 4.69) is 5.32 Å². The molecule has 3 rings (SSSR count). The van der Waals surface area contributed by atoms with Crippen LogP contribution in [0.4, 0.5) is 4.79 Å². The minimum Gasteiger partial charge on any atom is -0.480 e. The number of nitrogens with one attached hydrogen (secondary N) is 1. The lowest BCUT2D eigenvalue weighted by Crippen LogP contribution is -2.42. The van der Waals surface area contributed by atoms with E-state index in [1.165, 1.54) is 0 Å². The lowest BCUT2D eigenvalue weighted by molar-refractivity contribution is -0.266. The van der Waals surface area contributed by atoms with Crippen LogP contribution in [0.5, 0.6) is 11.5 Å². The molecule has 2 N–H and O–H groups in total. The second-order valence-electron chi connectivity index (χ2n) is 6.58. The number of benzene rings is 2. The zero-order valence-corrected chi connectivity index (χ0v) is 16.2. The van der Waals surface area contributed by atoms with Gasteiger partial charge in [-0.3, -0.25) is 0 Å². The summed E-state index contributed by atoms with van der Waals surface area (Å²) in [4.78, 5) is 23.6. The van der Waals surface area contributed by atoms with E-state index < -0.39 is 24.1 Å². The molecule has 2 aromatic rings. The molecule has 0 saturated carbocycles. The molecule has 0 bridgehead atoms. The van der Waals surface area contributed by atoms with Crippen LogP contribution in [0.15, 0.2) is 48.5 Å². The highest BCUT2D eigenvalue weighted by Gasteiger charge is 2.38. The number of rotatable bonds is 8. The number of aliphatic carboxylic acids is 1. The average molecular weight is 401 g/mol. The standard InChI is InChI=1S/C21H23NO7/c1-3-27-21(2)28-17-10-9-15(12-18(17)29-21)11-16(19(23)24)22-20(25)26-13-14-7-5-4-6-8-14/h4-10,12,16H,3,11,13H2,1-2H3,(H,22,25)(H,23,24)/t16-,21?/m0/s1. The topological polar surface area (TPSA) is 103 Å². The fourth-order valence-corrected chi connectivity index (χ4v) is 2.93. The molecule has 29 heavy (non-hydrogen) atoms. The van der Waals surface area contributed by atoms with Gasteiger partial charge in [-0.15, -0.1) is 0 Å². The number of ether oxygens (including phenoxy) is 4. The molecule has 0 saturated heterocycles. The summed E-state index contributed by atoms with van der Waals surface area (Å²) in [6, 6.07) is 13.0. The van der Waals surface area contributed by atoms with Crippen molar-refractivity contribution >= 4 is 12.1 Å². The van der Waals surface area contributed by atoms with Crippen LogP contribution in [-0.4, -0.2) is 35.8 Å². The summed E-state index contributed by atoms with van der Waals surface area (Å²) in [6.45, 7) is 3.94. The Morgan fingerprint density at radius 3 is 2.52 bits per heavy atom. The van der Waals surface area contributed by atoms with Gasteiger partial charge < -0.3 is 29.4 Å². The van der Waals surface area contributed by atoms with Crippen molar-refractivity contribution in [3.63, 3.8) is 0 Å². The average Bonchev–Trinajstić information content (AvgIpc) is 3.02. The Hall–Kier alpha value is -3.26. The van der Waals surface area contributed by atoms with Crippen molar-refractivity contribution in [2.45, 2.75) is 38.9 Å². The fraction of sp³-hybridized carbons (Fsp3) is 0.333. The van der Waals surface area contributed by atoms with E-state index in [0.29, 0.717) is 23.7 Å². The number of fused-ring (bicyclic) bond motifs is 1. The van der Waals surface area contributed by atoms with E-state index in [0.717, 1.165) is 5.56 Å². The number of carboxylic acid groups (broad SMARTS) is 1. The van der Waals surface area contributed by atoms with Gasteiger partial charge in [0.25, 0.3) is 0 Å². The number of hydrogen-bond acceptors (Lipinski definition) is 6. The summed E-state index contributed by atoms with van der Waals surface area (Å²) in [5.41, 5.74) is 1.46. The third-order valence-electron chi connectivity index (χ3n) is 4.25. The van der Waals surface area contributed by atoms with Gasteiger partial charge in [-0.25, -0.2) is 9.59 Å². The molecule has 0 aliphatic carbocycles. The van der Waals surface area contributed by atoms with E-state index >= 15 is 0 Å². The Kier molecular flexibility index (Phi) is 6.23. The molecule has 0 aromatic heterocycles. The third kappa shape index (κ3) is 5.39. The highest BCUT2D eigenvalue weighted by atomic mass is 16.9. The second kappa shape index (κ2) is 8.83. The predicted molar refractivity (Wildman–Crippen MR) is 103 cm³/mol. The van der Waals surface area contributed by atoms with Crippen LogP contribution in [0.1, 0.15) is 25.0 Å². The van der Waals surface area contributed by atoms with Crippen LogP contribution >= 0.6 is 0 Å². The molecule has 2 aromatic carbocycles. The highest BCUT2D eigenvalue weighted by Crippen LogP contribution is 2.40. The Morgan fingerprint density at radius 1 is 1.10 bits per heavy atom. The summed E-state index contributed by atoms with van der Waals surface area (Å²) in [5, 5.41) is 11.9. The van der Waals surface area contributed by atoms with Crippen LogP contribution in [0.3, 0.4) is 0 Å². The quantitative estimate of drug-likeness (QED) is 0.700. The van der Waals surface area contributed by atoms with Crippen LogP contribution in [0.25, 0.3) is 0 Å². The first-order valence-electron chi connectivity index (χ1n) is 9.23. The lowest BCUT2D eigenvalue weighted by Gasteiger charge is -2.21. The molecule has 0 fully saturated rings. The van der Waals surface area contributed by atoms with Crippen molar-refractivity contribution in [2.75, 3.05) is 6.61 Å². The number of carbonyl (C=O) groups is 2. The molecular weight excluding hydrogens is 378 g/mol. The first-order valence-corrected chi connectivity index (χ1v) is 9.23. The smallest absolute Gasteiger partial charge is 0.408 e. The Labute approximate surface area is 168 Å². The first kappa shape index (κ1) is 20.5. The Morgan fingerprint density at radius 2 is 1.83 bits per heavy atom. The number of carboxylic acids is 1. The number of hydrogen-bond donors (Lipinski definition) is 2. The molecule has 1 aliphatic heterocycles. The van der Waals surface area contributed by atoms with Crippen molar-refractivity contribution in [1.82, 2.24) is 5.32 Å². The molecule has 2 atom stereocenters. The second-order valence-corrected chi connectivity index (χ2v) is 6.58. The van der Waals surface area contributed by atoms with Gasteiger partial charge in [-0.1, -0.05) is 36.4 Å². The summed E-state index contributed by atoms with van der Waals surface area (Å²) < 4.78 is 21.8. The van der Waals surface area contributed by atoms with Crippen molar-refractivity contribution in [3.8, 4) is 11.5 Å². The molecule has 8 nitrogen and oxygen atoms in total. The molecule has 154 valence electrons. The number of alkyl carbamates (subject to hydrolysis) is 1. The molecule has 1 unspecified atom stereocenters. The van der Waals surface area contributed by atoms with Gasteiger partial charge in [0.15, 0.2) is 11.5 Å². The summed E-state index contributed by atoms with van der Waals surface area (Å²) in [7, 11) is 0. The number of amides is 1. The Bertz CT molecular complexity index is 871. The largest absolute Gasteiger partial charge is 0.480 e. The van der Waals surface area contributed by atoms with Gasteiger partial charge in [0.05, 0.1) is 6.61 Å². The van der Waals surface area contributed by atoms with E-state index in [1.807, 2.05) is 37.3 Å². The summed E-state index contributed by atoms with van der Waals surface area (Å²) in [5.74, 6) is -1.42. The first-order chi connectivity index (χ1) is 13.9. The van der Waals surface area contributed by atoms with Crippen molar-refractivity contribution < 1.29 is 33.6 Å². The van der Waals surface area contributed by atoms with Crippen LogP contribution in [-0.2, 0) is 27.3 Å². The van der Waals surface area contributed by atoms with Crippen molar-refractivity contribution in [2.24, 2.45) is 0 Å². The monoisotopic (exact) mass is 401 g/mol. The maximum absolute atomic E-state index is 12.0. The van der Waals surface area contributed by atoms with Crippen LogP contribution in [0.2, 0.25) is 0 Å². The number of carbonyl (C=O) groups excluding carboxylic acids is 1. The normalized spacial score (nSPS) is 18.1. The van der Waals surface area contributed by atoms with Crippen LogP contribution < -0.4 is 14.8 Å². The molecule has 0 spiro atoms. The van der Waals surface area contributed by atoms with Gasteiger partial charge in [0.1, 0.15) is 12.6 Å². The highest BCUT2D eigenvalue weighted by molar-refractivity contribution is 5.80. The molecular formula is C21H23NO7. The van der Waals surface area contributed by atoms with Gasteiger partial charge in [-0.2, -0.15) is 0 Å². The van der Waals surface area contributed by atoms with Gasteiger partial charge in [0, 0.05) is 13.3 Å². The Balaban J connectivity index is 1.60. The molecule has 8 heteroatoms. The SMILES string of the molecule is CCOC1(C)Oc2ccc(C[C@H](NC(=O)OCc3ccccc3)C(=O)O)cc2O1. The minimum atomic E-state index is -1.21. The van der Waals surface area contributed by atoms with E-state index in [1.54, 1.807) is 25.1 Å². The zero-order valence-electron chi connectivity index (χ0n) is 16.2. The minimum absolute atomic E-state index is 0.0533.